The summed E-state index contributed by atoms with van der Waals surface area (Å²) in [4.78, 5) is 2.37. The predicted molar refractivity (Wildman–Crippen MR) is 142 cm³/mol. The predicted octanol–water partition coefficient (Wildman–Crippen LogP) is 7.38. The first-order valence-electron chi connectivity index (χ1n) is 11.2. The monoisotopic (exact) mass is 525 g/mol. The molecule has 0 radical (unpaired) electrons. The number of benzene rings is 3. The van der Waals surface area contributed by atoms with Crippen LogP contribution in [0.25, 0.3) is 11.1 Å². The van der Waals surface area contributed by atoms with Gasteiger partial charge in [0.25, 0.3) is 0 Å². The van der Waals surface area contributed by atoms with Crippen molar-refractivity contribution < 1.29 is 4.74 Å². The van der Waals surface area contributed by atoms with E-state index in [1.807, 2.05) is 0 Å². The first kappa shape index (κ1) is 23.6. The zero-order valence-electron chi connectivity index (χ0n) is 18.8. The highest BCUT2D eigenvalue weighted by Crippen LogP contribution is 2.35. The standard InChI is InChI=1S/C28H32INO/c1-4-27(22-10-8-7-9-11-22)28(23-12-16-25(29)17-13-23)24-14-18-26(19-15-24)31-21-20-30(5-2)6-3/h7-19H,4-6,20-21H2,1-3H3/b28-27+. The van der Waals surface area contributed by atoms with Gasteiger partial charge in [0.05, 0.1) is 0 Å². The van der Waals surface area contributed by atoms with Gasteiger partial charge in [-0.05, 0) is 94.2 Å². The number of rotatable bonds is 10. The summed E-state index contributed by atoms with van der Waals surface area (Å²) < 4.78 is 7.25. The van der Waals surface area contributed by atoms with E-state index in [9.17, 15) is 0 Å². The average Bonchev–Trinajstić information content (AvgIpc) is 2.82. The molecular formula is C28H32INO. The Bertz CT molecular complexity index is 958. The molecule has 0 aliphatic carbocycles. The van der Waals surface area contributed by atoms with Crippen LogP contribution >= 0.6 is 22.6 Å². The van der Waals surface area contributed by atoms with Crippen LogP contribution in [0.1, 0.15) is 43.9 Å². The molecule has 0 spiro atoms. The number of allylic oxidation sites excluding steroid dienone is 1. The summed E-state index contributed by atoms with van der Waals surface area (Å²) in [6, 6.07) is 28.1. The first-order valence-corrected chi connectivity index (χ1v) is 12.2. The second-order valence-electron chi connectivity index (χ2n) is 7.48. The van der Waals surface area contributed by atoms with E-state index in [1.165, 1.54) is 31.4 Å². The number of likely N-dealkylation sites (N-methyl/N-ethyl adjacent to an activating group) is 1. The maximum absolute atomic E-state index is 6.01. The lowest BCUT2D eigenvalue weighted by Gasteiger charge is -2.19. The van der Waals surface area contributed by atoms with E-state index in [1.54, 1.807) is 0 Å². The molecule has 0 atom stereocenters. The third-order valence-electron chi connectivity index (χ3n) is 5.62. The van der Waals surface area contributed by atoms with Gasteiger partial charge in [0, 0.05) is 10.1 Å². The minimum atomic E-state index is 0.713. The molecule has 31 heavy (non-hydrogen) atoms. The van der Waals surface area contributed by atoms with E-state index >= 15 is 0 Å². The summed E-state index contributed by atoms with van der Waals surface area (Å²) >= 11 is 2.36. The van der Waals surface area contributed by atoms with Gasteiger partial charge < -0.3 is 9.64 Å². The second-order valence-corrected chi connectivity index (χ2v) is 8.73. The molecule has 162 valence electrons. The number of hydrogen-bond acceptors (Lipinski definition) is 2. The lowest BCUT2D eigenvalue weighted by Crippen LogP contribution is -2.27. The highest BCUT2D eigenvalue weighted by Gasteiger charge is 2.13. The Morgan fingerprint density at radius 1 is 0.742 bits per heavy atom. The van der Waals surface area contributed by atoms with Crippen LogP contribution in [0, 0.1) is 3.57 Å². The van der Waals surface area contributed by atoms with Gasteiger partial charge in [-0.2, -0.15) is 0 Å². The van der Waals surface area contributed by atoms with Gasteiger partial charge >= 0.3 is 0 Å². The Labute approximate surface area is 201 Å². The molecule has 0 bridgehead atoms. The Morgan fingerprint density at radius 3 is 1.87 bits per heavy atom. The summed E-state index contributed by atoms with van der Waals surface area (Å²) in [5, 5.41) is 0. The maximum atomic E-state index is 6.01. The van der Waals surface area contributed by atoms with Crippen molar-refractivity contribution >= 4 is 33.7 Å². The normalized spacial score (nSPS) is 12.0. The molecule has 3 heteroatoms. The van der Waals surface area contributed by atoms with Crippen LogP contribution < -0.4 is 4.74 Å². The highest BCUT2D eigenvalue weighted by atomic mass is 127. The zero-order chi connectivity index (χ0) is 22.1. The highest BCUT2D eigenvalue weighted by molar-refractivity contribution is 14.1. The fourth-order valence-corrected chi connectivity index (χ4v) is 4.21. The Morgan fingerprint density at radius 2 is 1.32 bits per heavy atom. The zero-order valence-corrected chi connectivity index (χ0v) is 20.9. The van der Waals surface area contributed by atoms with Crippen molar-refractivity contribution in [3.05, 3.63) is 99.1 Å². The van der Waals surface area contributed by atoms with Gasteiger partial charge in [-0.15, -0.1) is 0 Å². The SMILES string of the molecule is CC/C(=C(/c1ccc(I)cc1)c1ccc(OCCN(CC)CC)cc1)c1ccccc1. The fourth-order valence-electron chi connectivity index (χ4n) is 3.85. The van der Waals surface area contributed by atoms with Crippen LogP contribution in [0.15, 0.2) is 78.9 Å². The van der Waals surface area contributed by atoms with Crippen molar-refractivity contribution in [1.82, 2.24) is 4.90 Å². The van der Waals surface area contributed by atoms with Crippen LogP contribution in [0.5, 0.6) is 5.75 Å². The van der Waals surface area contributed by atoms with Crippen LogP contribution in [0.4, 0.5) is 0 Å². The van der Waals surface area contributed by atoms with Crippen molar-refractivity contribution in [3.8, 4) is 5.75 Å². The van der Waals surface area contributed by atoms with Crippen molar-refractivity contribution in [1.29, 1.82) is 0 Å². The molecule has 0 heterocycles. The lowest BCUT2D eigenvalue weighted by molar-refractivity contribution is 0.223. The van der Waals surface area contributed by atoms with Gasteiger partial charge in [0.2, 0.25) is 0 Å². The van der Waals surface area contributed by atoms with Crippen LogP contribution in [0.2, 0.25) is 0 Å². The van der Waals surface area contributed by atoms with Crippen molar-refractivity contribution in [3.63, 3.8) is 0 Å². The third kappa shape index (κ3) is 6.44. The maximum Gasteiger partial charge on any atom is 0.119 e. The molecule has 0 aliphatic rings. The summed E-state index contributed by atoms with van der Waals surface area (Å²) in [5.74, 6) is 0.927. The lowest BCUT2D eigenvalue weighted by atomic mass is 9.88. The molecule has 0 fully saturated rings. The molecule has 2 nitrogen and oxygen atoms in total. The third-order valence-corrected chi connectivity index (χ3v) is 6.34. The van der Waals surface area contributed by atoms with Crippen LogP contribution in [0.3, 0.4) is 0 Å². The van der Waals surface area contributed by atoms with Crippen molar-refractivity contribution in [2.75, 3.05) is 26.2 Å². The van der Waals surface area contributed by atoms with Gasteiger partial charge in [0.1, 0.15) is 12.4 Å². The van der Waals surface area contributed by atoms with E-state index in [0.717, 1.165) is 31.8 Å². The molecule has 3 aromatic carbocycles. The molecule has 3 aromatic rings. The Kier molecular flexibility index (Phi) is 9.16. The van der Waals surface area contributed by atoms with Crippen molar-refractivity contribution in [2.24, 2.45) is 0 Å². The summed E-state index contributed by atoms with van der Waals surface area (Å²) in [6.07, 6.45) is 0.966. The van der Waals surface area contributed by atoms with E-state index < -0.39 is 0 Å². The Balaban J connectivity index is 1.93. The fraction of sp³-hybridized carbons (Fsp3) is 0.286. The number of halogens is 1. The number of nitrogens with zero attached hydrogens (tertiary/aromatic N) is 1. The molecule has 0 saturated heterocycles. The van der Waals surface area contributed by atoms with Gasteiger partial charge in [-0.25, -0.2) is 0 Å². The minimum absolute atomic E-state index is 0.713. The molecule has 0 saturated carbocycles. The van der Waals surface area contributed by atoms with E-state index in [4.69, 9.17) is 4.74 Å². The summed E-state index contributed by atoms with van der Waals surface area (Å²) in [5.41, 5.74) is 6.39. The molecule has 0 unspecified atom stereocenters. The number of hydrogen-bond donors (Lipinski definition) is 0. The molecular weight excluding hydrogens is 493 g/mol. The number of ether oxygens (including phenoxy) is 1. The van der Waals surface area contributed by atoms with Crippen molar-refractivity contribution in [2.45, 2.75) is 27.2 Å². The van der Waals surface area contributed by atoms with E-state index in [0.29, 0.717) is 6.61 Å². The van der Waals surface area contributed by atoms with Gasteiger partial charge in [-0.1, -0.05) is 75.4 Å². The van der Waals surface area contributed by atoms with Gasteiger partial charge in [0.15, 0.2) is 0 Å². The van der Waals surface area contributed by atoms with E-state index in [-0.39, 0.29) is 0 Å². The summed E-state index contributed by atoms with van der Waals surface area (Å²) in [6.45, 7) is 10.4. The molecule has 0 amide bonds. The quantitative estimate of drug-likeness (QED) is 0.202. The van der Waals surface area contributed by atoms with Crippen LogP contribution in [-0.2, 0) is 0 Å². The van der Waals surface area contributed by atoms with Gasteiger partial charge in [-0.3, -0.25) is 0 Å². The molecule has 0 aliphatic heterocycles. The molecule has 3 rings (SSSR count). The Hall–Kier alpha value is -2.11. The largest absolute Gasteiger partial charge is 0.492 e. The summed E-state index contributed by atoms with van der Waals surface area (Å²) in [7, 11) is 0. The average molecular weight is 525 g/mol. The molecule has 0 N–H and O–H groups in total. The van der Waals surface area contributed by atoms with Crippen LogP contribution in [-0.4, -0.2) is 31.1 Å². The smallest absolute Gasteiger partial charge is 0.119 e. The minimum Gasteiger partial charge on any atom is -0.492 e. The molecule has 0 aromatic heterocycles. The first-order chi connectivity index (χ1) is 15.2. The topological polar surface area (TPSA) is 12.5 Å². The second kappa shape index (κ2) is 12.1. The van der Waals surface area contributed by atoms with E-state index in [2.05, 4.69) is 127 Å².